The molecule has 2 heterocycles. The standard InChI is InChI=1S/C17H29N3/c1-14(2)17(3,4)13-19-15-8-11-20(12-9-15)16-7-5-6-10-18-16/h5-7,10,14-15,19H,8-9,11-13H2,1-4H3. The first-order valence-electron chi connectivity index (χ1n) is 7.88. The van der Waals surface area contributed by atoms with Crippen LogP contribution in [0.5, 0.6) is 0 Å². The number of aromatic nitrogens is 1. The number of hydrogen-bond acceptors (Lipinski definition) is 3. The molecule has 1 aromatic rings. The number of rotatable bonds is 5. The second-order valence-corrected chi connectivity index (χ2v) is 6.97. The van der Waals surface area contributed by atoms with Crippen LogP contribution in [0.2, 0.25) is 0 Å². The second kappa shape index (κ2) is 6.57. The van der Waals surface area contributed by atoms with E-state index in [1.54, 1.807) is 0 Å². The van der Waals surface area contributed by atoms with Crippen molar-refractivity contribution < 1.29 is 0 Å². The summed E-state index contributed by atoms with van der Waals surface area (Å²) in [6.07, 6.45) is 4.31. The Morgan fingerprint density at radius 2 is 2.00 bits per heavy atom. The number of pyridine rings is 1. The first-order chi connectivity index (χ1) is 9.49. The highest BCUT2D eigenvalue weighted by Gasteiger charge is 2.25. The fraction of sp³-hybridized carbons (Fsp3) is 0.706. The Labute approximate surface area is 123 Å². The van der Waals surface area contributed by atoms with Gasteiger partial charge in [-0.15, -0.1) is 0 Å². The topological polar surface area (TPSA) is 28.2 Å². The third kappa shape index (κ3) is 3.95. The van der Waals surface area contributed by atoms with Gasteiger partial charge in [0, 0.05) is 31.9 Å². The molecule has 112 valence electrons. The molecule has 0 bridgehead atoms. The van der Waals surface area contributed by atoms with Crippen LogP contribution in [0.15, 0.2) is 24.4 Å². The highest BCUT2D eigenvalue weighted by atomic mass is 15.2. The first-order valence-corrected chi connectivity index (χ1v) is 7.88. The summed E-state index contributed by atoms with van der Waals surface area (Å²) < 4.78 is 0. The van der Waals surface area contributed by atoms with Gasteiger partial charge in [-0.25, -0.2) is 4.98 Å². The molecule has 0 unspecified atom stereocenters. The van der Waals surface area contributed by atoms with Gasteiger partial charge in [0.2, 0.25) is 0 Å². The molecule has 0 radical (unpaired) electrons. The van der Waals surface area contributed by atoms with E-state index in [2.05, 4.69) is 55.0 Å². The quantitative estimate of drug-likeness (QED) is 0.893. The molecule has 0 aromatic carbocycles. The highest BCUT2D eigenvalue weighted by molar-refractivity contribution is 5.38. The molecular weight excluding hydrogens is 246 g/mol. The van der Waals surface area contributed by atoms with Crippen LogP contribution in [-0.2, 0) is 0 Å². The minimum Gasteiger partial charge on any atom is -0.357 e. The van der Waals surface area contributed by atoms with E-state index in [-0.39, 0.29) is 0 Å². The summed E-state index contributed by atoms with van der Waals surface area (Å²) in [5, 5.41) is 3.77. The normalized spacial score (nSPS) is 17.8. The molecule has 0 spiro atoms. The first kappa shape index (κ1) is 15.3. The van der Waals surface area contributed by atoms with Crippen LogP contribution in [0.4, 0.5) is 5.82 Å². The maximum absolute atomic E-state index is 4.44. The van der Waals surface area contributed by atoms with Crippen molar-refractivity contribution in [2.75, 3.05) is 24.5 Å². The van der Waals surface area contributed by atoms with Crippen molar-refractivity contribution >= 4 is 5.82 Å². The van der Waals surface area contributed by atoms with Crippen LogP contribution in [0.1, 0.15) is 40.5 Å². The van der Waals surface area contributed by atoms with Crippen molar-refractivity contribution in [3.05, 3.63) is 24.4 Å². The van der Waals surface area contributed by atoms with Gasteiger partial charge in [0.15, 0.2) is 0 Å². The minimum absolute atomic E-state index is 0.373. The van der Waals surface area contributed by atoms with E-state index >= 15 is 0 Å². The van der Waals surface area contributed by atoms with Crippen LogP contribution < -0.4 is 10.2 Å². The van der Waals surface area contributed by atoms with E-state index in [0.717, 1.165) is 25.5 Å². The Morgan fingerprint density at radius 1 is 1.30 bits per heavy atom. The SMILES string of the molecule is CC(C)C(C)(C)CNC1CCN(c2ccccn2)CC1. The average Bonchev–Trinajstić information content (AvgIpc) is 2.46. The van der Waals surface area contributed by atoms with E-state index in [4.69, 9.17) is 0 Å². The third-order valence-electron chi connectivity index (χ3n) is 4.88. The number of piperidine rings is 1. The fourth-order valence-corrected chi connectivity index (χ4v) is 2.47. The lowest BCUT2D eigenvalue weighted by atomic mass is 9.81. The largest absolute Gasteiger partial charge is 0.357 e. The smallest absolute Gasteiger partial charge is 0.128 e. The number of nitrogens with zero attached hydrogens (tertiary/aromatic N) is 2. The maximum atomic E-state index is 4.44. The van der Waals surface area contributed by atoms with Crippen molar-refractivity contribution in [2.24, 2.45) is 11.3 Å². The van der Waals surface area contributed by atoms with Crippen molar-refractivity contribution in [1.29, 1.82) is 0 Å². The molecule has 1 N–H and O–H groups in total. The van der Waals surface area contributed by atoms with Gasteiger partial charge in [-0.3, -0.25) is 0 Å². The molecule has 20 heavy (non-hydrogen) atoms. The summed E-state index contributed by atoms with van der Waals surface area (Å²) in [6, 6.07) is 6.81. The van der Waals surface area contributed by atoms with Gasteiger partial charge in [0.05, 0.1) is 0 Å². The molecule has 0 atom stereocenters. The summed E-state index contributed by atoms with van der Waals surface area (Å²) >= 11 is 0. The van der Waals surface area contributed by atoms with Gasteiger partial charge in [-0.05, 0) is 36.3 Å². The number of hydrogen-bond donors (Lipinski definition) is 1. The maximum Gasteiger partial charge on any atom is 0.128 e. The zero-order chi connectivity index (χ0) is 14.6. The van der Waals surface area contributed by atoms with Crippen LogP contribution in [0, 0.1) is 11.3 Å². The van der Waals surface area contributed by atoms with E-state index < -0.39 is 0 Å². The summed E-state index contributed by atoms with van der Waals surface area (Å²) in [5.41, 5.74) is 0.373. The summed E-state index contributed by atoms with van der Waals surface area (Å²) in [4.78, 5) is 6.84. The molecule has 1 saturated heterocycles. The van der Waals surface area contributed by atoms with Gasteiger partial charge in [0.1, 0.15) is 5.82 Å². The summed E-state index contributed by atoms with van der Waals surface area (Å²) in [5.74, 6) is 1.83. The Kier molecular flexibility index (Phi) is 5.03. The van der Waals surface area contributed by atoms with Crippen molar-refractivity contribution in [2.45, 2.75) is 46.6 Å². The van der Waals surface area contributed by atoms with Crippen LogP contribution >= 0.6 is 0 Å². The Balaban J connectivity index is 1.78. The van der Waals surface area contributed by atoms with Gasteiger partial charge in [-0.2, -0.15) is 0 Å². The summed E-state index contributed by atoms with van der Waals surface area (Å²) in [6.45, 7) is 12.7. The molecule has 2 rings (SSSR count). The molecule has 0 aliphatic carbocycles. The Morgan fingerprint density at radius 3 is 2.55 bits per heavy atom. The van der Waals surface area contributed by atoms with E-state index in [0.29, 0.717) is 17.4 Å². The molecular formula is C17H29N3. The molecule has 1 aliphatic heterocycles. The highest BCUT2D eigenvalue weighted by Crippen LogP contribution is 2.25. The lowest BCUT2D eigenvalue weighted by molar-refractivity contribution is 0.221. The predicted octanol–water partition coefficient (Wildman–Crippen LogP) is 3.32. The van der Waals surface area contributed by atoms with E-state index in [1.807, 2.05) is 12.3 Å². The van der Waals surface area contributed by atoms with Crippen LogP contribution in [0.3, 0.4) is 0 Å². The molecule has 1 fully saturated rings. The number of anilines is 1. The van der Waals surface area contributed by atoms with Crippen LogP contribution in [0.25, 0.3) is 0 Å². The zero-order valence-corrected chi connectivity index (χ0v) is 13.4. The van der Waals surface area contributed by atoms with Gasteiger partial charge < -0.3 is 10.2 Å². The molecule has 3 heteroatoms. The van der Waals surface area contributed by atoms with Gasteiger partial charge in [0.25, 0.3) is 0 Å². The van der Waals surface area contributed by atoms with Crippen molar-refractivity contribution in [3.8, 4) is 0 Å². The number of nitrogens with one attached hydrogen (secondary N) is 1. The molecule has 3 nitrogen and oxygen atoms in total. The van der Waals surface area contributed by atoms with E-state index in [9.17, 15) is 0 Å². The molecule has 1 aliphatic rings. The minimum atomic E-state index is 0.373. The summed E-state index contributed by atoms with van der Waals surface area (Å²) in [7, 11) is 0. The van der Waals surface area contributed by atoms with Crippen LogP contribution in [-0.4, -0.2) is 30.7 Å². The Bertz CT molecular complexity index is 392. The second-order valence-electron chi connectivity index (χ2n) is 6.97. The molecule has 1 aromatic heterocycles. The van der Waals surface area contributed by atoms with Gasteiger partial charge >= 0.3 is 0 Å². The predicted molar refractivity (Wildman–Crippen MR) is 86.1 cm³/mol. The molecule has 0 amide bonds. The zero-order valence-electron chi connectivity index (χ0n) is 13.4. The lowest BCUT2D eigenvalue weighted by Crippen LogP contribution is -2.46. The third-order valence-corrected chi connectivity index (χ3v) is 4.88. The Hall–Kier alpha value is -1.09. The average molecular weight is 275 g/mol. The van der Waals surface area contributed by atoms with Gasteiger partial charge in [-0.1, -0.05) is 33.8 Å². The lowest BCUT2D eigenvalue weighted by Gasteiger charge is -2.36. The van der Waals surface area contributed by atoms with E-state index in [1.165, 1.54) is 12.8 Å². The monoisotopic (exact) mass is 275 g/mol. The molecule has 0 saturated carbocycles. The van der Waals surface area contributed by atoms with Crippen molar-refractivity contribution in [1.82, 2.24) is 10.3 Å². The van der Waals surface area contributed by atoms with Crippen molar-refractivity contribution in [3.63, 3.8) is 0 Å². The fourth-order valence-electron chi connectivity index (χ4n) is 2.47.